The smallest absolute Gasteiger partial charge is 0.383 e. The van der Waals surface area contributed by atoms with Crippen molar-refractivity contribution in [1.82, 2.24) is 15.0 Å². The number of carbonyl (C=O) groups is 1. The normalized spacial score (nSPS) is 18.6. The number of hydrogen-bond donors (Lipinski definition) is 3. The van der Waals surface area contributed by atoms with E-state index in [1.165, 1.54) is 6.20 Å². The number of amidine groups is 1. The summed E-state index contributed by atoms with van der Waals surface area (Å²) in [6, 6.07) is 4.95. The van der Waals surface area contributed by atoms with Gasteiger partial charge < -0.3 is 26.0 Å². The van der Waals surface area contributed by atoms with Crippen molar-refractivity contribution in [1.29, 1.82) is 0 Å². The van der Waals surface area contributed by atoms with E-state index in [1.54, 1.807) is 42.5 Å². The van der Waals surface area contributed by atoms with Crippen LogP contribution < -0.4 is 21.3 Å². The summed E-state index contributed by atoms with van der Waals surface area (Å²) < 4.78 is 44.0. The van der Waals surface area contributed by atoms with Gasteiger partial charge in [0.15, 0.2) is 11.9 Å². The Labute approximate surface area is 210 Å². The number of aliphatic imine (C=N–C) groups is 1. The van der Waals surface area contributed by atoms with Crippen LogP contribution in [-0.2, 0) is 9.53 Å². The van der Waals surface area contributed by atoms with Crippen molar-refractivity contribution in [2.24, 2.45) is 16.6 Å². The summed E-state index contributed by atoms with van der Waals surface area (Å²) in [5.41, 5.74) is 7.38. The Hall–Kier alpha value is -4.00. The standard InChI is InChI=1S/C24H25F3N8O2/c1-29-22-17-11-31-20(34-23(36)13-2-3-13)8-15(17)16(10-32-22)21(28)33-19-5-4-14(9-30-19)35-6-7-37-18(12-35)24(25,26)27/h4-5,8-11,13,18H,2-3,6-7,12H2,1H3,(H,29,32)(H2,28,30,33)(H,31,34,36)/t18-/m1/s1. The predicted octanol–water partition coefficient (Wildman–Crippen LogP) is 3.22. The van der Waals surface area contributed by atoms with E-state index in [2.05, 4.69) is 30.6 Å². The Morgan fingerprint density at radius 2 is 1.97 bits per heavy atom. The predicted molar refractivity (Wildman–Crippen MR) is 133 cm³/mol. The first-order chi connectivity index (χ1) is 17.7. The fraction of sp³-hybridized carbons (Fsp3) is 0.375. The molecule has 13 heteroatoms. The molecule has 0 radical (unpaired) electrons. The molecule has 37 heavy (non-hydrogen) atoms. The summed E-state index contributed by atoms with van der Waals surface area (Å²) in [7, 11) is 1.73. The van der Waals surface area contributed by atoms with Gasteiger partial charge in [-0.1, -0.05) is 0 Å². The monoisotopic (exact) mass is 514 g/mol. The number of amides is 1. The van der Waals surface area contributed by atoms with Gasteiger partial charge >= 0.3 is 6.18 Å². The van der Waals surface area contributed by atoms with Crippen LogP contribution in [0.2, 0.25) is 0 Å². The molecule has 1 atom stereocenters. The van der Waals surface area contributed by atoms with Gasteiger partial charge in [0.2, 0.25) is 5.91 Å². The summed E-state index contributed by atoms with van der Waals surface area (Å²) >= 11 is 0. The molecule has 194 valence electrons. The first kappa shape index (κ1) is 24.7. The SMILES string of the molecule is CNc1ncc(C(N)=Nc2ccc(N3CCO[C@@H](C(F)(F)F)C3)cn2)c2cc(NC(=O)C3CC3)ncc12. The number of aromatic nitrogens is 3. The molecule has 1 amide bonds. The van der Waals surface area contributed by atoms with Crippen molar-refractivity contribution >= 4 is 45.7 Å². The first-order valence-corrected chi connectivity index (χ1v) is 11.7. The van der Waals surface area contributed by atoms with Crippen LogP contribution in [0.25, 0.3) is 10.8 Å². The molecule has 5 rings (SSSR count). The molecule has 3 aromatic heterocycles. The minimum atomic E-state index is -4.43. The molecule has 0 aromatic carbocycles. The summed E-state index contributed by atoms with van der Waals surface area (Å²) in [5, 5.41) is 7.22. The zero-order valence-corrected chi connectivity index (χ0v) is 19.9. The lowest BCUT2D eigenvalue weighted by molar-refractivity contribution is -0.221. The Morgan fingerprint density at radius 3 is 2.65 bits per heavy atom. The van der Waals surface area contributed by atoms with E-state index >= 15 is 0 Å². The lowest BCUT2D eigenvalue weighted by atomic mass is 10.1. The molecule has 1 saturated heterocycles. The van der Waals surface area contributed by atoms with Gasteiger partial charge in [0.05, 0.1) is 25.0 Å². The van der Waals surface area contributed by atoms with Crippen LogP contribution in [0.1, 0.15) is 18.4 Å². The number of alkyl halides is 3. The molecule has 10 nitrogen and oxygen atoms in total. The molecule has 0 bridgehead atoms. The number of morpholine rings is 1. The van der Waals surface area contributed by atoms with Crippen molar-refractivity contribution in [3.63, 3.8) is 0 Å². The highest BCUT2D eigenvalue weighted by Crippen LogP contribution is 2.32. The third kappa shape index (κ3) is 5.40. The van der Waals surface area contributed by atoms with E-state index in [4.69, 9.17) is 10.5 Å². The van der Waals surface area contributed by atoms with Crippen molar-refractivity contribution in [2.45, 2.75) is 25.1 Å². The number of carbonyl (C=O) groups excluding carboxylic acids is 1. The first-order valence-electron chi connectivity index (χ1n) is 11.7. The Balaban J connectivity index is 1.40. The number of hydrogen-bond acceptors (Lipinski definition) is 8. The highest BCUT2D eigenvalue weighted by atomic mass is 19.4. The molecule has 0 spiro atoms. The van der Waals surface area contributed by atoms with Gasteiger partial charge in [0.1, 0.15) is 17.5 Å². The minimum absolute atomic E-state index is 0.0276. The highest BCUT2D eigenvalue weighted by Gasteiger charge is 2.43. The van der Waals surface area contributed by atoms with Gasteiger partial charge in [-0.25, -0.2) is 19.9 Å². The molecule has 0 unspecified atom stereocenters. The second-order valence-corrected chi connectivity index (χ2v) is 8.87. The molecular weight excluding hydrogens is 489 g/mol. The van der Waals surface area contributed by atoms with E-state index in [9.17, 15) is 18.0 Å². The molecule has 3 aromatic rings. The second-order valence-electron chi connectivity index (χ2n) is 8.87. The fourth-order valence-corrected chi connectivity index (χ4v) is 4.08. The Kier molecular flexibility index (Phi) is 6.54. The summed E-state index contributed by atoms with van der Waals surface area (Å²) in [6.45, 7) is -0.0150. The van der Waals surface area contributed by atoms with Crippen LogP contribution in [0.3, 0.4) is 0 Å². The number of nitrogens with one attached hydrogen (secondary N) is 2. The lowest BCUT2D eigenvalue weighted by Crippen LogP contribution is -2.49. The van der Waals surface area contributed by atoms with Gasteiger partial charge in [-0.15, -0.1) is 0 Å². The maximum atomic E-state index is 13.1. The molecule has 2 aliphatic rings. The van der Waals surface area contributed by atoms with Crippen LogP contribution in [0.5, 0.6) is 0 Å². The van der Waals surface area contributed by atoms with Gasteiger partial charge in [-0.3, -0.25) is 4.79 Å². The third-order valence-corrected chi connectivity index (χ3v) is 6.25. The average molecular weight is 515 g/mol. The van der Waals surface area contributed by atoms with Crippen molar-refractivity contribution in [3.8, 4) is 0 Å². The number of nitrogens with two attached hydrogens (primary N) is 1. The van der Waals surface area contributed by atoms with Crippen molar-refractivity contribution < 1.29 is 22.7 Å². The zero-order chi connectivity index (χ0) is 26.2. The molecule has 4 heterocycles. The number of ether oxygens (including phenoxy) is 1. The fourth-order valence-electron chi connectivity index (χ4n) is 4.08. The third-order valence-electron chi connectivity index (χ3n) is 6.25. The molecule has 1 saturated carbocycles. The van der Waals surface area contributed by atoms with E-state index in [0.717, 1.165) is 12.8 Å². The van der Waals surface area contributed by atoms with E-state index < -0.39 is 12.3 Å². The number of pyridine rings is 3. The van der Waals surface area contributed by atoms with Crippen molar-refractivity contribution in [2.75, 3.05) is 42.3 Å². The lowest BCUT2D eigenvalue weighted by Gasteiger charge is -2.35. The summed E-state index contributed by atoms with van der Waals surface area (Å²) in [5.74, 6) is 1.36. The van der Waals surface area contributed by atoms with Crippen LogP contribution in [-0.4, -0.2) is 65.7 Å². The quantitative estimate of drug-likeness (QED) is 0.338. The van der Waals surface area contributed by atoms with Crippen LogP contribution >= 0.6 is 0 Å². The molecular formula is C24H25F3N8O2. The number of nitrogens with zero attached hydrogens (tertiary/aromatic N) is 5. The maximum Gasteiger partial charge on any atom is 0.416 e. The van der Waals surface area contributed by atoms with E-state index in [0.29, 0.717) is 40.2 Å². The molecule has 1 aliphatic heterocycles. The van der Waals surface area contributed by atoms with E-state index in [-0.39, 0.29) is 36.6 Å². The van der Waals surface area contributed by atoms with Gasteiger partial charge in [-0.05, 0) is 31.0 Å². The maximum absolute atomic E-state index is 13.1. The average Bonchev–Trinajstić information content (AvgIpc) is 3.74. The topological polar surface area (TPSA) is 131 Å². The summed E-state index contributed by atoms with van der Waals surface area (Å²) in [4.78, 5) is 31.2. The van der Waals surface area contributed by atoms with Gasteiger partial charge in [0, 0.05) is 48.2 Å². The molecule has 4 N–H and O–H groups in total. The minimum Gasteiger partial charge on any atom is -0.383 e. The Bertz CT molecular complexity index is 1340. The largest absolute Gasteiger partial charge is 0.416 e. The number of rotatable bonds is 6. The van der Waals surface area contributed by atoms with Gasteiger partial charge in [-0.2, -0.15) is 13.2 Å². The number of halogens is 3. The summed E-state index contributed by atoms with van der Waals surface area (Å²) in [6.07, 6.45) is 0.109. The highest BCUT2D eigenvalue weighted by molar-refractivity contribution is 6.12. The van der Waals surface area contributed by atoms with Crippen LogP contribution in [0.15, 0.2) is 41.8 Å². The van der Waals surface area contributed by atoms with Gasteiger partial charge in [0.25, 0.3) is 0 Å². The number of fused-ring (bicyclic) bond motifs is 1. The van der Waals surface area contributed by atoms with Crippen LogP contribution in [0.4, 0.5) is 36.3 Å². The zero-order valence-electron chi connectivity index (χ0n) is 19.9. The molecule has 2 fully saturated rings. The van der Waals surface area contributed by atoms with E-state index in [1.807, 2.05) is 0 Å². The van der Waals surface area contributed by atoms with Crippen LogP contribution in [0, 0.1) is 5.92 Å². The second kappa shape index (κ2) is 9.81. The Morgan fingerprint density at radius 1 is 1.16 bits per heavy atom. The molecule has 1 aliphatic carbocycles. The van der Waals surface area contributed by atoms with Crippen molar-refractivity contribution in [3.05, 3.63) is 42.4 Å². The number of anilines is 3.